The van der Waals surface area contributed by atoms with Crippen molar-refractivity contribution in [3.8, 4) is 0 Å². The van der Waals surface area contributed by atoms with E-state index in [2.05, 4.69) is 27.2 Å². The van der Waals surface area contributed by atoms with Crippen LogP contribution in [0.3, 0.4) is 0 Å². The van der Waals surface area contributed by atoms with E-state index in [9.17, 15) is 4.79 Å². The zero-order valence-electron chi connectivity index (χ0n) is 14.1. The quantitative estimate of drug-likeness (QED) is 0.927. The third-order valence-electron chi connectivity index (χ3n) is 5.20. The first-order chi connectivity index (χ1) is 11.2. The Kier molecular flexibility index (Phi) is 5.60. The SMILES string of the molecule is CN1CCC[C@H](c2cncc(C(=O)NCC3CCCCC3)n2)C1. The molecule has 1 amide bonds. The number of aromatic nitrogens is 2. The van der Waals surface area contributed by atoms with Gasteiger partial charge in [-0.05, 0) is 45.2 Å². The Morgan fingerprint density at radius 3 is 2.83 bits per heavy atom. The first-order valence-corrected chi connectivity index (χ1v) is 9.01. The normalized spacial score (nSPS) is 23.6. The Morgan fingerprint density at radius 2 is 2.04 bits per heavy atom. The zero-order valence-corrected chi connectivity index (χ0v) is 14.1. The second kappa shape index (κ2) is 7.86. The number of nitrogens with zero attached hydrogens (tertiary/aromatic N) is 3. The van der Waals surface area contributed by atoms with Crippen molar-refractivity contribution in [3.05, 3.63) is 23.8 Å². The van der Waals surface area contributed by atoms with Crippen LogP contribution in [-0.4, -0.2) is 47.5 Å². The molecule has 5 heteroatoms. The van der Waals surface area contributed by atoms with E-state index in [1.165, 1.54) is 38.5 Å². The van der Waals surface area contributed by atoms with Gasteiger partial charge >= 0.3 is 0 Å². The molecule has 23 heavy (non-hydrogen) atoms. The van der Waals surface area contributed by atoms with Crippen LogP contribution in [0.25, 0.3) is 0 Å². The van der Waals surface area contributed by atoms with Gasteiger partial charge in [0.1, 0.15) is 5.69 Å². The summed E-state index contributed by atoms with van der Waals surface area (Å²) in [5.74, 6) is 0.956. The summed E-state index contributed by atoms with van der Waals surface area (Å²) >= 11 is 0. The Balaban J connectivity index is 1.58. The minimum absolute atomic E-state index is 0.0749. The molecule has 5 nitrogen and oxygen atoms in total. The van der Waals surface area contributed by atoms with Gasteiger partial charge in [-0.3, -0.25) is 9.78 Å². The third kappa shape index (κ3) is 4.50. The summed E-state index contributed by atoms with van der Waals surface area (Å²) in [6.07, 6.45) is 12.1. The van der Waals surface area contributed by atoms with Crippen molar-refractivity contribution in [2.75, 3.05) is 26.7 Å². The molecular weight excluding hydrogens is 288 g/mol. The Morgan fingerprint density at radius 1 is 1.22 bits per heavy atom. The van der Waals surface area contributed by atoms with Crippen LogP contribution in [0, 0.1) is 5.92 Å². The molecule has 1 saturated heterocycles. The van der Waals surface area contributed by atoms with Gasteiger partial charge in [-0.15, -0.1) is 0 Å². The largest absolute Gasteiger partial charge is 0.350 e. The standard InChI is InChI=1S/C18H28N4O/c1-22-9-5-8-15(13-22)16-11-19-12-17(21-16)18(23)20-10-14-6-3-2-4-7-14/h11-12,14-15H,2-10,13H2,1H3,(H,20,23)/t15-/m0/s1. The molecule has 1 aromatic rings. The average Bonchev–Trinajstić information content (AvgIpc) is 2.61. The van der Waals surface area contributed by atoms with Crippen molar-refractivity contribution in [3.63, 3.8) is 0 Å². The fraction of sp³-hybridized carbons (Fsp3) is 0.722. The van der Waals surface area contributed by atoms with E-state index in [4.69, 9.17) is 0 Å². The summed E-state index contributed by atoms with van der Waals surface area (Å²) in [7, 11) is 2.14. The first-order valence-electron chi connectivity index (χ1n) is 9.01. The Labute approximate surface area is 138 Å². The molecule has 1 saturated carbocycles. The van der Waals surface area contributed by atoms with Crippen molar-refractivity contribution in [2.45, 2.75) is 50.9 Å². The highest BCUT2D eigenvalue weighted by atomic mass is 16.1. The van der Waals surface area contributed by atoms with Gasteiger partial charge in [0, 0.05) is 25.2 Å². The zero-order chi connectivity index (χ0) is 16.1. The molecule has 126 valence electrons. The summed E-state index contributed by atoms with van der Waals surface area (Å²) in [5, 5.41) is 3.06. The predicted molar refractivity (Wildman–Crippen MR) is 90.4 cm³/mol. The first kappa shape index (κ1) is 16.4. The maximum Gasteiger partial charge on any atom is 0.271 e. The van der Waals surface area contributed by atoms with E-state index >= 15 is 0 Å². The molecule has 3 rings (SSSR count). The summed E-state index contributed by atoms with van der Waals surface area (Å²) < 4.78 is 0. The average molecular weight is 316 g/mol. The molecule has 2 aliphatic rings. The van der Waals surface area contributed by atoms with Gasteiger partial charge in [0.2, 0.25) is 0 Å². The minimum atomic E-state index is -0.0749. The summed E-state index contributed by atoms with van der Waals surface area (Å²) in [4.78, 5) is 23.5. The number of hydrogen-bond donors (Lipinski definition) is 1. The van der Waals surface area contributed by atoms with Gasteiger partial charge in [0.25, 0.3) is 5.91 Å². The maximum absolute atomic E-state index is 12.4. The molecule has 0 unspecified atom stereocenters. The van der Waals surface area contributed by atoms with Gasteiger partial charge in [-0.1, -0.05) is 19.3 Å². The summed E-state index contributed by atoms with van der Waals surface area (Å²) in [5.41, 5.74) is 1.42. The molecule has 1 atom stereocenters. The van der Waals surface area contributed by atoms with Gasteiger partial charge in [0.15, 0.2) is 0 Å². The lowest BCUT2D eigenvalue weighted by molar-refractivity contribution is 0.0937. The fourth-order valence-electron chi connectivity index (χ4n) is 3.81. The van der Waals surface area contributed by atoms with E-state index in [1.54, 1.807) is 6.20 Å². The molecule has 1 aromatic heterocycles. The lowest BCUT2D eigenvalue weighted by Gasteiger charge is -2.29. The number of rotatable bonds is 4. The molecule has 1 aliphatic carbocycles. The molecule has 1 aliphatic heterocycles. The van der Waals surface area contributed by atoms with Crippen molar-refractivity contribution < 1.29 is 4.79 Å². The summed E-state index contributed by atoms with van der Waals surface area (Å²) in [6, 6.07) is 0. The highest BCUT2D eigenvalue weighted by Gasteiger charge is 2.22. The number of hydrogen-bond acceptors (Lipinski definition) is 4. The van der Waals surface area contributed by atoms with Gasteiger partial charge in [-0.2, -0.15) is 0 Å². The second-order valence-electron chi connectivity index (χ2n) is 7.14. The van der Waals surface area contributed by atoms with Crippen LogP contribution in [0.15, 0.2) is 12.4 Å². The number of likely N-dealkylation sites (N-methyl/N-ethyl adjacent to an activating group) is 1. The molecule has 0 radical (unpaired) electrons. The van der Waals surface area contributed by atoms with Crippen molar-refractivity contribution in [1.82, 2.24) is 20.2 Å². The number of nitrogens with one attached hydrogen (secondary N) is 1. The van der Waals surface area contributed by atoms with E-state index in [0.29, 0.717) is 17.5 Å². The minimum Gasteiger partial charge on any atom is -0.350 e. The smallest absolute Gasteiger partial charge is 0.271 e. The van der Waals surface area contributed by atoms with Crippen LogP contribution >= 0.6 is 0 Å². The highest BCUT2D eigenvalue weighted by Crippen LogP contribution is 2.25. The lowest BCUT2D eigenvalue weighted by atomic mass is 9.89. The van der Waals surface area contributed by atoms with Crippen molar-refractivity contribution >= 4 is 5.91 Å². The molecule has 2 heterocycles. The van der Waals surface area contributed by atoms with E-state index < -0.39 is 0 Å². The number of carbonyl (C=O) groups excluding carboxylic acids is 1. The van der Waals surface area contributed by atoms with Crippen molar-refractivity contribution in [2.24, 2.45) is 5.92 Å². The topological polar surface area (TPSA) is 58.1 Å². The van der Waals surface area contributed by atoms with E-state index in [1.807, 2.05) is 6.20 Å². The monoisotopic (exact) mass is 316 g/mol. The highest BCUT2D eigenvalue weighted by molar-refractivity contribution is 5.91. The van der Waals surface area contributed by atoms with Gasteiger partial charge < -0.3 is 10.2 Å². The second-order valence-corrected chi connectivity index (χ2v) is 7.14. The van der Waals surface area contributed by atoms with Crippen LogP contribution in [0.1, 0.15) is 67.0 Å². The van der Waals surface area contributed by atoms with E-state index in [0.717, 1.165) is 31.7 Å². The molecule has 0 aromatic carbocycles. The predicted octanol–water partition coefficient (Wildman–Crippen LogP) is 2.60. The molecule has 2 fully saturated rings. The Bertz CT molecular complexity index is 528. The third-order valence-corrected chi connectivity index (χ3v) is 5.20. The number of piperidine rings is 1. The van der Waals surface area contributed by atoms with Crippen LogP contribution in [-0.2, 0) is 0 Å². The maximum atomic E-state index is 12.4. The Hall–Kier alpha value is -1.49. The lowest BCUT2D eigenvalue weighted by Crippen LogP contribution is -2.33. The van der Waals surface area contributed by atoms with Crippen molar-refractivity contribution in [1.29, 1.82) is 0 Å². The molecule has 0 spiro atoms. The van der Waals surface area contributed by atoms with Crippen LogP contribution in [0.5, 0.6) is 0 Å². The molecule has 1 N–H and O–H groups in total. The van der Waals surface area contributed by atoms with Gasteiger partial charge in [-0.25, -0.2) is 4.98 Å². The fourth-order valence-corrected chi connectivity index (χ4v) is 3.81. The van der Waals surface area contributed by atoms with Gasteiger partial charge in [0.05, 0.1) is 11.9 Å². The number of likely N-dealkylation sites (tertiary alicyclic amines) is 1. The van der Waals surface area contributed by atoms with Crippen LogP contribution in [0.4, 0.5) is 0 Å². The molecular formula is C18H28N4O. The summed E-state index contributed by atoms with van der Waals surface area (Å²) in [6.45, 7) is 2.92. The number of carbonyl (C=O) groups is 1. The number of amides is 1. The van der Waals surface area contributed by atoms with Crippen LogP contribution in [0.2, 0.25) is 0 Å². The molecule has 0 bridgehead atoms. The van der Waals surface area contributed by atoms with E-state index in [-0.39, 0.29) is 5.91 Å². The van der Waals surface area contributed by atoms with Crippen LogP contribution < -0.4 is 5.32 Å².